The summed E-state index contributed by atoms with van der Waals surface area (Å²) < 4.78 is 35.4. The Morgan fingerprint density at radius 3 is 2.15 bits per heavy atom. The second kappa shape index (κ2) is 13.6. The van der Waals surface area contributed by atoms with Crippen molar-refractivity contribution in [2.24, 2.45) is 11.0 Å². The Morgan fingerprint density at radius 1 is 1.09 bits per heavy atom. The molecule has 4 N–H and O–H groups in total. The number of rotatable bonds is 13. The smallest absolute Gasteiger partial charge is 0.339 e. The highest BCUT2D eigenvalue weighted by Crippen LogP contribution is 2.40. The minimum Gasteiger partial charge on any atom is -0.450 e. The van der Waals surface area contributed by atoms with Gasteiger partial charge in [-0.25, -0.2) is 4.78 Å². The lowest BCUT2D eigenvalue weighted by atomic mass is 9.88. The first-order chi connectivity index (χ1) is 15.8. The van der Waals surface area contributed by atoms with Gasteiger partial charge in [-0.15, -0.1) is 0 Å². The first-order valence-corrected chi connectivity index (χ1v) is 16.9. The van der Waals surface area contributed by atoms with E-state index in [0.29, 0.717) is 24.2 Å². The van der Waals surface area contributed by atoms with Crippen molar-refractivity contribution in [3.05, 3.63) is 29.8 Å². The first-order valence-electron chi connectivity index (χ1n) is 10.8. The predicted molar refractivity (Wildman–Crippen MR) is 136 cm³/mol. The summed E-state index contributed by atoms with van der Waals surface area (Å²) in [7, 11) is -7.16. The lowest BCUT2D eigenvalue weighted by Gasteiger charge is -2.25. The quantitative estimate of drug-likeness (QED) is 0.161. The van der Waals surface area contributed by atoms with Crippen LogP contribution in [0.25, 0.3) is 0 Å². The molecule has 0 heterocycles. The Bertz CT molecular complexity index is 892. The summed E-state index contributed by atoms with van der Waals surface area (Å²) in [5.74, 6) is 0.992. The van der Waals surface area contributed by atoms with Crippen molar-refractivity contribution in [1.29, 1.82) is 0 Å². The van der Waals surface area contributed by atoms with Crippen molar-refractivity contribution < 1.29 is 38.0 Å². The molecule has 1 saturated carbocycles. The molecule has 194 valence electrons. The number of hydrogen-bond donors (Lipinski definition) is 4. The highest BCUT2D eigenvalue weighted by molar-refractivity contribution is 8.02. The second-order valence-electron chi connectivity index (χ2n) is 8.33. The average molecular weight is 557 g/mol. The minimum atomic E-state index is -4.45. The van der Waals surface area contributed by atoms with E-state index in [9.17, 15) is 9.13 Å². The standard InChI is InChI=1S/C19H34N3O8P3S/c1-21(20-13-17-5-7-18(29-2)8-6-17)31(34)30-19-9-3-16(4-10-19)11-12-22(14-32(23,24)25)15-33(26,27)28/h3-4,9-10,13,17-18,31H,5-8,11-12,14-15H2,1-2H3,(H2,23,24,25)(H2,26,27,28)/b20-13+. The molecule has 1 unspecified atom stereocenters. The zero-order valence-electron chi connectivity index (χ0n) is 19.3. The van der Waals surface area contributed by atoms with Crippen LogP contribution in [-0.2, 0) is 32.1 Å². The molecule has 15 heteroatoms. The Labute approximate surface area is 206 Å². The molecule has 1 aliphatic rings. The van der Waals surface area contributed by atoms with E-state index in [0.717, 1.165) is 36.1 Å². The summed E-state index contributed by atoms with van der Waals surface area (Å²) in [5.41, 5.74) is 0.824. The summed E-state index contributed by atoms with van der Waals surface area (Å²) in [4.78, 5) is 37.7. The lowest BCUT2D eigenvalue weighted by Crippen LogP contribution is -2.28. The zero-order chi connectivity index (χ0) is 25.4. The van der Waals surface area contributed by atoms with Gasteiger partial charge >= 0.3 is 15.2 Å². The third kappa shape index (κ3) is 11.9. The fourth-order valence-electron chi connectivity index (χ4n) is 3.60. The molecule has 0 aromatic heterocycles. The largest absolute Gasteiger partial charge is 0.450 e. The number of hydrazone groups is 1. The van der Waals surface area contributed by atoms with E-state index in [1.807, 2.05) is 6.21 Å². The van der Waals surface area contributed by atoms with Crippen LogP contribution < -0.4 is 4.52 Å². The Kier molecular flexibility index (Phi) is 11.8. The van der Waals surface area contributed by atoms with Gasteiger partial charge in [0.15, 0.2) is 0 Å². The Morgan fingerprint density at radius 2 is 1.65 bits per heavy atom. The fourth-order valence-corrected chi connectivity index (χ4v) is 6.34. The van der Waals surface area contributed by atoms with Gasteiger partial charge in [0.25, 0.3) is 0 Å². The van der Waals surface area contributed by atoms with Gasteiger partial charge < -0.3 is 28.8 Å². The molecule has 1 aromatic rings. The summed E-state index contributed by atoms with van der Waals surface area (Å²) >= 11 is 5.48. The normalized spacial score (nSPS) is 20.6. The molecular weight excluding hydrogens is 523 g/mol. The topological polar surface area (TPSA) is 152 Å². The monoisotopic (exact) mass is 557 g/mol. The molecule has 34 heavy (non-hydrogen) atoms. The maximum absolute atomic E-state index is 11.3. The molecule has 1 atom stereocenters. The van der Waals surface area contributed by atoms with Crippen molar-refractivity contribution >= 4 is 40.3 Å². The van der Waals surface area contributed by atoms with E-state index in [1.165, 1.54) is 0 Å². The van der Waals surface area contributed by atoms with Gasteiger partial charge in [-0.3, -0.25) is 14.0 Å². The van der Waals surface area contributed by atoms with Crippen LogP contribution in [0.4, 0.5) is 0 Å². The molecule has 0 spiro atoms. The number of methoxy groups -OCH3 is 1. The van der Waals surface area contributed by atoms with Gasteiger partial charge in [-0.2, -0.15) is 5.10 Å². The molecule has 0 amide bonds. The molecule has 0 radical (unpaired) electrons. The summed E-state index contributed by atoms with van der Waals surface area (Å²) in [5, 5.41) is 4.47. The van der Waals surface area contributed by atoms with Gasteiger partial charge in [-0.05, 0) is 67.5 Å². The van der Waals surface area contributed by atoms with Crippen molar-refractivity contribution in [3.63, 3.8) is 0 Å². The molecule has 11 nitrogen and oxygen atoms in total. The van der Waals surface area contributed by atoms with Gasteiger partial charge in [0.2, 0.25) is 7.07 Å². The van der Waals surface area contributed by atoms with Crippen LogP contribution in [0.2, 0.25) is 0 Å². The van der Waals surface area contributed by atoms with Crippen molar-refractivity contribution in [3.8, 4) is 5.75 Å². The van der Waals surface area contributed by atoms with Crippen LogP contribution in [0, 0.1) is 5.92 Å². The molecule has 1 fully saturated rings. The minimum absolute atomic E-state index is 0.0796. The number of hydrogen-bond acceptors (Lipinski definition) is 7. The Hall–Kier alpha value is -0.640. The molecule has 1 aliphatic carbocycles. The van der Waals surface area contributed by atoms with E-state index < -0.39 is 34.8 Å². The number of ether oxygens (including phenoxy) is 1. The van der Waals surface area contributed by atoms with E-state index in [2.05, 4.69) is 5.10 Å². The van der Waals surface area contributed by atoms with Crippen molar-refractivity contribution in [1.82, 2.24) is 9.68 Å². The third-order valence-electron chi connectivity index (χ3n) is 5.38. The maximum Gasteiger partial charge on any atom is 0.339 e. The molecule has 1 aromatic carbocycles. The number of benzene rings is 1. The van der Waals surface area contributed by atoms with Crippen molar-refractivity contribution in [2.45, 2.75) is 38.2 Å². The van der Waals surface area contributed by atoms with Gasteiger partial charge in [0.1, 0.15) is 18.3 Å². The van der Waals surface area contributed by atoms with Gasteiger partial charge in [0.05, 0.1) is 6.10 Å². The summed E-state index contributed by atoms with van der Waals surface area (Å²) in [6, 6.07) is 7.05. The second-order valence-corrected chi connectivity index (χ2v) is 14.0. The number of nitrogens with zero attached hydrogens (tertiary/aromatic N) is 3. The van der Waals surface area contributed by atoms with Crippen LogP contribution in [0.3, 0.4) is 0 Å². The van der Waals surface area contributed by atoms with E-state index in [4.69, 9.17) is 40.6 Å². The average Bonchev–Trinajstić information content (AvgIpc) is 2.75. The van der Waals surface area contributed by atoms with E-state index in [-0.39, 0.29) is 6.54 Å². The zero-order valence-corrected chi connectivity index (χ0v) is 22.9. The highest BCUT2D eigenvalue weighted by Gasteiger charge is 2.25. The van der Waals surface area contributed by atoms with E-state index in [1.54, 1.807) is 43.2 Å². The maximum atomic E-state index is 11.3. The van der Waals surface area contributed by atoms with Crippen LogP contribution in [0.5, 0.6) is 5.75 Å². The summed E-state index contributed by atoms with van der Waals surface area (Å²) in [6.07, 6.45) is 5.33. The molecule has 2 rings (SSSR count). The predicted octanol–water partition coefficient (Wildman–Crippen LogP) is 2.81. The van der Waals surface area contributed by atoms with Crippen LogP contribution in [-0.4, -0.2) is 74.8 Å². The van der Waals surface area contributed by atoms with Gasteiger partial charge in [-0.1, -0.05) is 12.1 Å². The fraction of sp³-hybridized carbons (Fsp3) is 0.632. The Balaban J connectivity index is 1.85. The molecular formula is C19H34N3O8P3S. The molecule has 0 bridgehead atoms. The first kappa shape index (κ1) is 29.6. The molecule has 0 aliphatic heterocycles. The highest BCUT2D eigenvalue weighted by atomic mass is 32.4. The van der Waals surface area contributed by atoms with E-state index >= 15 is 0 Å². The SMILES string of the molecule is COC1CCC(/C=N/N(C)[PH](=S)Oc2ccc(CCN(CP(=O)(O)O)CP(=O)(O)O)cc2)CC1. The van der Waals surface area contributed by atoms with Crippen LogP contribution in [0.1, 0.15) is 31.2 Å². The van der Waals surface area contributed by atoms with Crippen molar-refractivity contribution in [2.75, 3.05) is 33.3 Å². The lowest BCUT2D eigenvalue weighted by molar-refractivity contribution is 0.0650. The van der Waals surface area contributed by atoms with Gasteiger partial charge in [0, 0.05) is 26.9 Å². The van der Waals surface area contributed by atoms with Crippen LogP contribution >= 0.6 is 22.3 Å². The van der Waals surface area contributed by atoms with Crippen LogP contribution in [0.15, 0.2) is 29.4 Å². The third-order valence-corrected chi connectivity index (χ3v) is 9.01. The summed E-state index contributed by atoms with van der Waals surface area (Å²) in [6.45, 7) is 0.0796. The molecule has 0 saturated heterocycles.